The highest BCUT2D eigenvalue weighted by Gasteiger charge is 2.33. The van der Waals surface area contributed by atoms with Gasteiger partial charge in [0.2, 0.25) is 5.91 Å². The molecule has 2 rings (SSSR count). The van der Waals surface area contributed by atoms with Crippen molar-refractivity contribution in [2.24, 2.45) is 5.73 Å². The predicted molar refractivity (Wildman–Crippen MR) is 94.4 cm³/mol. The average Bonchev–Trinajstić information content (AvgIpc) is 2.89. The van der Waals surface area contributed by atoms with Crippen LogP contribution in [0.1, 0.15) is 56.9 Å². The Bertz CT molecular complexity index is 438. The molecule has 1 aromatic rings. The maximum atomic E-state index is 12.4. The molecule has 0 spiro atoms. The van der Waals surface area contributed by atoms with Crippen molar-refractivity contribution in [2.45, 2.75) is 57.4 Å². The minimum Gasteiger partial charge on any atom is -0.339 e. The number of carbonyl (C=O) groups is 1. The average molecular weight is 325 g/mol. The van der Waals surface area contributed by atoms with Crippen molar-refractivity contribution in [2.75, 3.05) is 13.1 Å². The molecular weight excluding hydrogens is 296 g/mol. The molecule has 1 fully saturated rings. The SMILES string of the molecule is CC1C(c2ccccc2)CCN1C(=O)CCCCCCN.Cl. The predicted octanol–water partition coefficient (Wildman–Crippen LogP) is 3.72. The maximum Gasteiger partial charge on any atom is 0.222 e. The zero-order valence-corrected chi connectivity index (χ0v) is 14.4. The highest BCUT2D eigenvalue weighted by molar-refractivity contribution is 5.85. The number of halogens is 1. The lowest BCUT2D eigenvalue weighted by atomic mass is 9.93. The van der Waals surface area contributed by atoms with E-state index in [1.807, 2.05) is 6.07 Å². The van der Waals surface area contributed by atoms with Crippen LogP contribution in [0.3, 0.4) is 0 Å². The minimum absolute atomic E-state index is 0. The Morgan fingerprint density at radius 2 is 1.86 bits per heavy atom. The Hall–Kier alpha value is -1.06. The summed E-state index contributed by atoms with van der Waals surface area (Å²) in [6, 6.07) is 10.9. The van der Waals surface area contributed by atoms with Crippen molar-refractivity contribution >= 4 is 18.3 Å². The summed E-state index contributed by atoms with van der Waals surface area (Å²) in [4.78, 5) is 14.5. The number of amides is 1. The number of likely N-dealkylation sites (tertiary alicyclic amines) is 1. The van der Waals surface area contributed by atoms with Crippen LogP contribution in [0, 0.1) is 0 Å². The number of unbranched alkanes of at least 4 members (excludes halogenated alkanes) is 3. The molecule has 124 valence electrons. The fraction of sp³-hybridized carbons (Fsp3) is 0.611. The fourth-order valence-corrected chi connectivity index (χ4v) is 3.36. The molecule has 22 heavy (non-hydrogen) atoms. The first kappa shape index (κ1) is 19.0. The van der Waals surface area contributed by atoms with E-state index in [4.69, 9.17) is 5.73 Å². The number of rotatable bonds is 7. The van der Waals surface area contributed by atoms with Gasteiger partial charge in [0.05, 0.1) is 0 Å². The van der Waals surface area contributed by atoms with Crippen LogP contribution >= 0.6 is 12.4 Å². The van der Waals surface area contributed by atoms with E-state index in [9.17, 15) is 4.79 Å². The normalized spacial score (nSPS) is 20.7. The first-order chi connectivity index (χ1) is 10.2. The molecule has 1 amide bonds. The van der Waals surface area contributed by atoms with Gasteiger partial charge < -0.3 is 10.6 Å². The van der Waals surface area contributed by atoms with Crippen LogP contribution in [0.4, 0.5) is 0 Å². The highest BCUT2D eigenvalue weighted by Crippen LogP contribution is 2.33. The van der Waals surface area contributed by atoms with Gasteiger partial charge in [0.15, 0.2) is 0 Å². The third kappa shape index (κ3) is 4.99. The lowest BCUT2D eigenvalue weighted by Gasteiger charge is -2.25. The number of hydrogen-bond donors (Lipinski definition) is 1. The number of hydrogen-bond acceptors (Lipinski definition) is 2. The molecule has 3 nitrogen and oxygen atoms in total. The summed E-state index contributed by atoms with van der Waals surface area (Å²) < 4.78 is 0. The molecule has 0 bridgehead atoms. The number of carbonyl (C=O) groups excluding carboxylic acids is 1. The molecular formula is C18H29ClN2O. The van der Waals surface area contributed by atoms with Gasteiger partial charge in [-0.1, -0.05) is 43.2 Å². The molecule has 1 aliphatic heterocycles. The van der Waals surface area contributed by atoms with E-state index in [1.54, 1.807) is 0 Å². The number of benzene rings is 1. The van der Waals surface area contributed by atoms with Gasteiger partial charge in [0.1, 0.15) is 0 Å². The molecule has 2 N–H and O–H groups in total. The van der Waals surface area contributed by atoms with E-state index in [0.717, 1.165) is 45.2 Å². The fourth-order valence-electron chi connectivity index (χ4n) is 3.36. The molecule has 0 radical (unpaired) electrons. The summed E-state index contributed by atoms with van der Waals surface area (Å²) in [5.74, 6) is 0.820. The van der Waals surface area contributed by atoms with Crippen LogP contribution in [0.5, 0.6) is 0 Å². The molecule has 1 aliphatic rings. The number of nitrogens with two attached hydrogens (primary N) is 1. The molecule has 1 aromatic carbocycles. The summed E-state index contributed by atoms with van der Waals surface area (Å²) in [5, 5.41) is 0. The molecule has 4 heteroatoms. The van der Waals surface area contributed by atoms with Crippen molar-refractivity contribution in [1.82, 2.24) is 4.90 Å². The Morgan fingerprint density at radius 1 is 1.18 bits per heavy atom. The van der Waals surface area contributed by atoms with Crippen molar-refractivity contribution in [1.29, 1.82) is 0 Å². The van der Waals surface area contributed by atoms with E-state index in [1.165, 1.54) is 5.56 Å². The van der Waals surface area contributed by atoms with Crippen molar-refractivity contribution in [3.05, 3.63) is 35.9 Å². The van der Waals surface area contributed by atoms with E-state index < -0.39 is 0 Å². The second-order valence-corrected chi connectivity index (χ2v) is 6.09. The molecule has 0 aliphatic carbocycles. The van der Waals surface area contributed by atoms with Gasteiger partial charge in [-0.3, -0.25) is 4.79 Å². The Kier molecular flexibility index (Phi) is 8.51. The molecule has 0 aromatic heterocycles. The molecule has 2 unspecified atom stereocenters. The van der Waals surface area contributed by atoms with Crippen LogP contribution in [0.15, 0.2) is 30.3 Å². The second-order valence-electron chi connectivity index (χ2n) is 6.09. The summed E-state index contributed by atoms with van der Waals surface area (Å²) in [5.41, 5.74) is 6.85. The molecule has 1 heterocycles. The minimum atomic E-state index is 0. The van der Waals surface area contributed by atoms with Gasteiger partial charge in [-0.15, -0.1) is 12.4 Å². The lowest BCUT2D eigenvalue weighted by Crippen LogP contribution is -2.35. The van der Waals surface area contributed by atoms with Crippen molar-refractivity contribution in [3.8, 4) is 0 Å². The Balaban J connectivity index is 0.00000242. The van der Waals surface area contributed by atoms with E-state index in [2.05, 4.69) is 36.1 Å². The standard InChI is InChI=1S/C18H28N2O.ClH/c1-15-17(16-9-5-4-6-10-16)12-14-20(15)18(21)11-7-2-3-8-13-19;/h4-6,9-10,15,17H,2-3,7-8,11-14,19H2,1H3;1H. The van der Waals surface area contributed by atoms with Gasteiger partial charge in [0.25, 0.3) is 0 Å². The molecule has 1 saturated heterocycles. The van der Waals surface area contributed by atoms with Gasteiger partial charge in [-0.25, -0.2) is 0 Å². The van der Waals surface area contributed by atoms with E-state index >= 15 is 0 Å². The summed E-state index contributed by atoms with van der Waals surface area (Å²) in [6.45, 7) is 3.86. The van der Waals surface area contributed by atoms with Crippen molar-refractivity contribution in [3.63, 3.8) is 0 Å². The Morgan fingerprint density at radius 3 is 2.55 bits per heavy atom. The zero-order valence-electron chi connectivity index (χ0n) is 13.5. The monoisotopic (exact) mass is 324 g/mol. The van der Waals surface area contributed by atoms with Gasteiger partial charge in [-0.2, -0.15) is 0 Å². The summed E-state index contributed by atoms with van der Waals surface area (Å²) in [7, 11) is 0. The first-order valence-electron chi connectivity index (χ1n) is 8.28. The zero-order chi connectivity index (χ0) is 15.1. The maximum absolute atomic E-state index is 12.4. The lowest BCUT2D eigenvalue weighted by molar-refractivity contribution is -0.131. The van der Waals surface area contributed by atoms with Crippen LogP contribution in [-0.2, 0) is 4.79 Å². The smallest absolute Gasteiger partial charge is 0.222 e. The van der Waals surface area contributed by atoms with Crippen molar-refractivity contribution < 1.29 is 4.79 Å². The van der Waals surface area contributed by atoms with Crippen LogP contribution in [0.2, 0.25) is 0 Å². The molecule has 0 saturated carbocycles. The third-order valence-corrected chi connectivity index (χ3v) is 4.65. The van der Waals surface area contributed by atoms with Gasteiger partial charge in [-0.05, 0) is 38.3 Å². The van der Waals surface area contributed by atoms with Crippen LogP contribution in [0.25, 0.3) is 0 Å². The first-order valence-corrected chi connectivity index (χ1v) is 8.28. The second kappa shape index (κ2) is 9.86. The topological polar surface area (TPSA) is 46.3 Å². The third-order valence-electron chi connectivity index (χ3n) is 4.65. The summed E-state index contributed by atoms with van der Waals surface area (Å²) in [6.07, 6.45) is 6.11. The highest BCUT2D eigenvalue weighted by atomic mass is 35.5. The number of nitrogens with zero attached hydrogens (tertiary/aromatic N) is 1. The van der Waals surface area contributed by atoms with E-state index in [0.29, 0.717) is 24.3 Å². The summed E-state index contributed by atoms with van der Waals surface area (Å²) >= 11 is 0. The Labute approximate surface area is 140 Å². The van der Waals surface area contributed by atoms with Crippen LogP contribution < -0.4 is 5.73 Å². The van der Waals surface area contributed by atoms with Gasteiger partial charge in [0, 0.05) is 24.9 Å². The van der Waals surface area contributed by atoms with Crippen LogP contribution in [-0.4, -0.2) is 29.9 Å². The quantitative estimate of drug-likeness (QED) is 0.777. The molecule has 2 atom stereocenters. The largest absolute Gasteiger partial charge is 0.339 e. The van der Waals surface area contributed by atoms with Gasteiger partial charge >= 0.3 is 0 Å². The van der Waals surface area contributed by atoms with E-state index in [-0.39, 0.29) is 12.4 Å².